The van der Waals surface area contributed by atoms with E-state index in [2.05, 4.69) is 16.4 Å². The van der Waals surface area contributed by atoms with Crippen molar-refractivity contribution in [2.75, 3.05) is 5.32 Å². The molecule has 3 nitrogen and oxygen atoms in total. The number of thiophene rings is 1. The average molecular weight is 278 g/mol. The Kier molecular flexibility index (Phi) is 3.85. The molecule has 0 aliphatic heterocycles. The summed E-state index contributed by atoms with van der Waals surface area (Å²) in [7, 11) is 0. The number of aryl methyl sites for hydroxylation is 1. The number of nitrogens with zero attached hydrogens (tertiary/aromatic N) is 2. The first-order valence-corrected chi connectivity index (χ1v) is 6.68. The van der Waals surface area contributed by atoms with Crippen molar-refractivity contribution in [3.8, 4) is 6.07 Å². The van der Waals surface area contributed by atoms with Crippen LogP contribution < -0.4 is 5.32 Å². The fourth-order valence-electron chi connectivity index (χ4n) is 1.66. The predicted molar refractivity (Wildman–Crippen MR) is 75.1 cm³/mol. The molecule has 0 saturated heterocycles. The van der Waals surface area contributed by atoms with Crippen molar-refractivity contribution < 1.29 is 0 Å². The van der Waals surface area contributed by atoms with Crippen molar-refractivity contribution >= 4 is 28.8 Å². The lowest BCUT2D eigenvalue weighted by Gasteiger charge is -2.13. The van der Waals surface area contributed by atoms with Crippen LogP contribution in [0.2, 0.25) is 4.34 Å². The fourth-order valence-corrected chi connectivity index (χ4v) is 2.72. The highest BCUT2D eigenvalue weighted by molar-refractivity contribution is 7.16. The van der Waals surface area contributed by atoms with Gasteiger partial charge in [0.05, 0.1) is 22.0 Å². The van der Waals surface area contributed by atoms with Crippen LogP contribution in [-0.4, -0.2) is 4.98 Å². The van der Waals surface area contributed by atoms with Crippen LogP contribution in [0.1, 0.15) is 29.1 Å². The van der Waals surface area contributed by atoms with Gasteiger partial charge in [-0.3, -0.25) is 0 Å². The molecule has 0 radical (unpaired) electrons. The minimum atomic E-state index is 0.114. The Morgan fingerprint density at radius 2 is 2.22 bits per heavy atom. The number of nitrogens with one attached hydrogen (secondary N) is 1. The number of rotatable bonds is 3. The third-order valence-corrected chi connectivity index (χ3v) is 3.88. The molecule has 2 aromatic rings. The lowest BCUT2D eigenvalue weighted by atomic mass is 10.2. The molecule has 1 unspecified atom stereocenters. The molecule has 2 rings (SSSR count). The van der Waals surface area contributed by atoms with Gasteiger partial charge in [0.1, 0.15) is 5.82 Å². The van der Waals surface area contributed by atoms with Crippen LogP contribution in [-0.2, 0) is 0 Å². The van der Waals surface area contributed by atoms with Crippen LogP contribution in [0, 0.1) is 18.3 Å². The highest BCUT2D eigenvalue weighted by Gasteiger charge is 2.09. The number of pyridine rings is 1. The molecule has 0 bridgehead atoms. The maximum atomic E-state index is 8.92. The van der Waals surface area contributed by atoms with E-state index in [0.717, 1.165) is 14.9 Å². The first kappa shape index (κ1) is 12.9. The molecule has 0 fully saturated rings. The molecule has 1 atom stereocenters. The number of halogens is 1. The first-order valence-electron chi connectivity index (χ1n) is 5.49. The highest BCUT2D eigenvalue weighted by Crippen LogP contribution is 2.28. The second-order valence-corrected chi connectivity index (χ2v) is 5.75. The van der Waals surface area contributed by atoms with Crippen LogP contribution in [0.25, 0.3) is 0 Å². The Bertz CT molecular complexity index is 601. The number of nitriles is 1. The van der Waals surface area contributed by atoms with E-state index in [1.54, 1.807) is 12.1 Å². The molecule has 0 amide bonds. The van der Waals surface area contributed by atoms with Crippen LogP contribution in [0.5, 0.6) is 0 Å². The van der Waals surface area contributed by atoms with Crippen molar-refractivity contribution in [3.63, 3.8) is 0 Å². The number of anilines is 1. The van der Waals surface area contributed by atoms with Gasteiger partial charge in [-0.15, -0.1) is 11.3 Å². The summed E-state index contributed by atoms with van der Waals surface area (Å²) in [5, 5.41) is 12.2. The summed E-state index contributed by atoms with van der Waals surface area (Å²) in [4.78, 5) is 5.50. The molecular formula is C13H12ClN3S. The van der Waals surface area contributed by atoms with Gasteiger partial charge in [0, 0.05) is 10.6 Å². The molecule has 18 heavy (non-hydrogen) atoms. The van der Waals surface area contributed by atoms with Gasteiger partial charge < -0.3 is 5.32 Å². The van der Waals surface area contributed by atoms with E-state index in [1.165, 1.54) is 11.3 Å². The van der Waals surface area contributed by atoms with E-state index >= 15 is 0 Å². The minimum absolute atomic E-state index is 0.114. The first-order chi connectivity index (χ1) is 8.58. The lowest BCUT2D eigenvalue weighted by molar-refractivity contribution is 0.893. The zero-order chi connectivity index (χ0) is 13.1. The number of aromatic nitrogens is 1. The molecule has 0 aromatic carbocycles. The third-order valence-electron chi connectivity index (χ3n) is 2.47. The topological polar surface area (TPSA) is 48.7 Å². The van der Waals surface area contributed by atoms with Gasteiger partial charge in [0.15, 0.2) is 0 Å². The largest absolute Gasteiger partial charge is 0.363 e. The second kappa shape index (κ2) is 5.38. The Hall–Kier alpha value is -1.57. The Balaban J connectivity index is 2.19. The molecule has 2 aromatic heterocycles. The van der Waals surface area contributed by atoms with Gasteiger partial charge in [0.25, 0.3) is 0 Å². The van der Waals surface area contributed by atoms with E-state index in [-0.39, 0.29) is 6.04 Å². The maximum absolute atomic E-state index is 8.92. The van der Waals surface area contributed by atoms with Crippen molar-refractivity contribution in [2.24, 2.45) is 0 Å². The Morgan fingerprint density at radius 1 is 1.44 bits per heavy atom. The molecule has 0 saturated carbocycles. The standard InChI is InChI=1S/C13H12ClN3S/c1-8-5-10(7-15)6-13(16-8)17-9(2)11-3-4-12(14)18-11/h3-6,9H,1-2H3,(H,16,17). The van der Waals surface area contributed by atoms with Gasteiger partial charge in [0.2, 0.25) is 0 Å². The van der Waals surface area contributed by atoms with Crippen LogP contribution in [0.4, 0.5) is 5.82 Å². The Morgan fingerprint density at radius 3 is 2.83 bits per heavy atom. The van der Waals surface area contributed by atoms with Crippen LogP contribution in [0.15, 0.2) is 24.3 Å². The summed E-state index contributed by atoms with van der Waals surface area (Å²) in [6.45, 7) is 3.91. The summed E-state index contributed by atoms with van der Waals surface area (Å²) in [6, 6.07) is 9.62. The minimum Gasteiger partial charge on any atom is -0.363 e. The molecule has 2 heterocycles. The van der Waals surface area contributed by atoms with Crippen molar-refractivity contribution in [1.82, 2.24) is 4.98 Å². The van der Waals surface area contributed by atoms with Gasteiger partial charge in [-0.1, -0.05) is 11.6 Å². The summed E-state index contributed by atoms with van der Waals surface area (Å²) in [5.74, 6) is 0.712. The smallest absolute Gasteiger partial charge is 0.128 e. The lowest BCUT2D eigenvalue weighted by Crippen LogP contribution is -2.07. The van der Waals surface area contributed by atoms with Gasteiger partial charge in [-0.05, 0) is 38.1 Å². The van der Waals surface area contributed by atoms with E-state index in [0.29, 0.717) is 11.4 Å². The van der Waals surface area contributed by atoms with E-state index in [9.17, 15) is 0 Å². The zero-order valence-corrected chi connectivity index (χ0v) is 11.6. The quantitative estimate of drug-likeness (QED) is 0.917. The molecule has 0 aliphatic rings. The molecule has 0 aliphatic carbocycles. The van der Waals surface area contributed by atoms with E-state index in [1.807, 2.05) is 26.0 Å². The SMILES string of the molecule is Cc1cc(C#N)cc(NC(C)c2ccc(Cl)s2)n1. The summed E-state index contributed by atoms with van der Waals surface area (Å²) in [6.07, 6.45) is 0. The van der Waals surface area contributed by atoms with Crippen LogP contribution >= 0.6 is 22.9 Å². The molecule has 0 spiro atoms. The van der Waals surface area contributed by atoms with E-state index in [4.69, 9.17) is 16.9 Å². The summed E-state index contributed by atoms with van der Waals surface area (Å²) in [5.41, 5.74) is 1.44. The number of hydrogen-bond donors (Lipinski definition) is 1. The van der Waals surface area contributed by atoms with Crippen LogP contribution in [0.3, 0.4) is 0 Å². The predicted octanol–water partition coefficient (Wildman–Crippen LogP) is 4.15. The molecule has 5 heteroatoms. The zero-order valence-electron chi connectivity index (χ0n) is 10.1. The van der Waals surface area contributed by atoms with Crippen molar-refractivity contribution in [3.05, 3.63) is 44.7 Å². The Labute approximate surface area is 115 Å². The van der Waals surface area contributed by atoms with Gasteiger partial charge in [-0.2, -0.15) is 5.26 Å². The summed E-state index contributed by atoms with van der Waals surface area (Å²) >= 11 is 7.45. The molecular weight excluding hydrogens is 266 g/mol. The van der Waals surface area contributed by atoms with Crippen molar-refractivity contribution in [1.29, 1.82) is 5.26 Å². The fraction of sp³-hybridized carbons (Fsp3) is 0.231. The van der Waals surface area contributed by atoms with Gasteiger partial charge >= 0.3 is 0 Å². The summed E-state index contributed by atoms with van der Waals surface area (Å²) < 4.78 is 0.772. The van der Waals surface area contributed by atoms with Gasteiger partial charge in [-0.25, -0.2) is 4.98 Å². The van der Waals surface area contributed by atoms with E-state index < -0.39 is 0 Å². The normalized spacial score (nSPS) is 11.9. The highest BCUT2D eigenvalue weighted by atomic mass is 35.5. The maximum Gasteiger partial charge on any atom is 0.128 e. The third kappa shape index (κ3) is 3.00. The second-order valence-electron chi connectivity index (χ2n) is 4.00. The average Bonchev–Trinajstić information content (AvgIpc) is 2.75. The molecule has 92 valence electrons. The molecule has 1 N–H and O–H groups in total. The number of hydrogen-bond acceptors (Lipinski definition) is 4. The monoisotopic (exact) mass is 277 g/mol. The van der Waals surface area contributed by atoms with Crippen molar-refractivity contribution in [2.45, 2.75) is 19.9 Å².